The van der Waals surface area contributed by atoms with Gasteiger partial charge in [-0.25, -0.2) is 4.39 Å². The lowest BCUT2D eigenvalue weighted by atomic mass is 10.1. The van der Waals surface area contributed by atoms with E-state index >= 15 is 0 Å². The van der Waals surface area contributed by atoms with Gasteiger partial charge in [0.15, 0.2) is 0 Å². The van der Waals surface area contributed by atoms with Gasteiger partial charge in [-0.05, 0) is 72.1 Å². The van der Waals surface area contributed by atoms with Crippen LogP contribution < -0.4 is 10.2 Å². The van der Waals surface area contributed by atoms with Crippen LogP contribution in [0.2, 0.25) is 0 Å². The SMILES string of the molecule is CCN(CC)c1ccc(NC(=O)Cc2cccc(Br)c2F)c(C)c1. The van der Waals surface area contributed by atoms with E-state index in [0.717, 1.165) is 30.0 Å². The van der Waals surface area contributed by atoms with E-state index in [9.17, 15) is 9.18 Å². The number of benzene rings is 2. The van der Waals surface area contributed by atoms with Crippen LogP contribution in [0.25, 0.3) is 0 Å². The third-order valence-electron chi connectivity index (χ3n) is 4.00. The van der Waals surface area contributed by atoms with Gasteiger partial charge < -0.3 is 10.2 Å². The first kappa shape index (κ1) is 18.5. The molecule has 0 aromatic heterocycles. The molecule has 3 nitrogen and oxygen atoms in total. The molecule has 0 saturated carbocycles. The maximum absolute atomic E-state index is 14.0. The molecule has 0 spiro atoms. The van der Waals surface area contributed by atoms with Crippen molar-refractivity contribution in [3.63, 3.8) is 0 Å². The van der Waals surface area contributed by atoms with Crippen LogP contribution in [0.3, 0.4) is 0 Å². The molecule has 0 aliphatic heterocycles. The number of hydrogen-bond acceptors (Lipinski definition) is 2. The zero-order valence-electron chi connectivity index (χ0n) is 14.2. The Bertz CT molecular complexity index is 729. The summed E-state index contributed by atoms with van der Waals surface area (Å²) < 4.78 is 14.3. The number of carbonyl (C=O) groups excluding carboxylic acids is 1. The summed E-state index contributed by atoms with van der Waals surface area (Å²) in [5, 5.41) is 2.87. The lowest BCUT2D eigenvalue weighted by Crippen LogP contribution is -2.22. The molecule has 0 aliphatic carbocycles. The van der Waals surface area contributed by atoms with Crippen molar-refractivity contribution in [3.05, 3.63) is 57.8 Å². The summed E-state index contributed by atoms with van der Waals surface area (Å²) in [6, 6.07) is 10.9. The van der Waals surface area contributed by atoms with Crippen molar-refractivity contribution in [1.82, 2.24) is 0 Å². The van der Waals surface area contributed by atoms with E-state index in [-0.39, 0.29) is 18.1 Å². The number of nitrogens with one attached hydrogen (secondary N) is 1. The number of anilines is 2. The van der Waals surface area contributed by atoms with Crippen LogP contribution in [0.1, 0.15) is 25.0 Å². The van der Waals surface area contributed by atoms with Gasteiger partial charge in [0.2, 0.25) is 5.91 Å². The van der Waals surface area contributed by atoms with Crippen molar-refractivity contribution in [3.8, 4) is 0 Å². The van der Waals surface area contributed by atoms with Crippen molar-refractivity contribution >= 4 is 33.2 Å². The van der Waals surface area contributed by atoms with Gasteiger partial charge in [-0.3, -0.25) is 4.79 Å². The summed E-state index contributed by atoms with van der Waals surface area (Å²) in [4.78, 5) is 14.5. The average Bonchev–Trinajstić information content (AvgIpc) is 2.55. The van der Waals surface area contributed by atoms with E-state index < -0.39 is 0 Å². The van der Waals surface area contributed by atoms with Crippen molar-refractivity contribution in [2.45, 2.75) is 27.2 Å². The zero-order valence-corrected chi connectivity index (χ0v) is 15.8. The van der Waals surface area contributed by atoms with Crippen LogP contribution >= 0.6 is 15.9 Å². The van der Waals surface area contributed by atoms with Gasteiger partial charge in [0.05, 0.1) is 10.9 Å². The van der Waals surface area contributed by atoms with Crippen molar-refractivity contribution in [2.24, 2.45) is 0 Å². The topological polar surface area (TPSA) is 32.3 Å². The molecule has 0 bridgehead atoms. The van der Waals surface area contributed by atoms with Gasteiger partial charge in [0, 0.05) is 24.5 Å². The van der Waals surface area contributed by atoms with Crippen molar-refractivity contribution in [2.75, 3.05) is 23.3 Å². The first-order chi connectivity index (χ1) is 11.5. The minimum Gasteiger partial charge on any atom is -0.372 e. The van der Waals surface area contributed by atoms with Gasteiger partial charge in [-0.1, -0.05) is 12.1 Å². The van der Waals surface area contributed by atoms with Gasteiger partial charge in [-0.15, -0.1) is 0 Å². The molecule has 0 fully saturated rings. The highest BCUT2D eigenvalue weighted by atomic mass is 79.9. The molecule has 0 aliphatic rings. The smallest absolute Gasteiger partial charge is 0.228 e. The number of aryl methyl sites for hydroxylation is 1. The normalized spacial score (nSPS) is 10.5. The molecule has 2 rings (SSSR count). The van der Waals surface area contributed by atoms with E-state index in [1.165, 1.54) is 0 Å². The Hall–Kier alpha value is -1.88. The van der Waals surface area contributed by atoms with Gasteiger partial charge >= 0.3 is 0 Å². The van der Waals surface area contributed by atoms with E-state index in [1.807, 2.05) is 19.1 Å². The van der Waals surface area contributed by atoms with Gasteiger partial charge in [0.1, 0.15) is 5.82 Å². The molecule has 1 N–H and O–H groups in total. The highest BCUT2D eigenvalue weighted by molar-refractivity contribution is 9.10. The molecule has 0 unspecified atom stereocenters. The highest BCUT2D eigenvalue weighted by Gasteiger charge is 2.12. The maximum Gasteiger partial charge on any atom is 0.228 e. The average molecular weight is 393 g/mol. The van der Waals surface area contributed by atoms with Crippen LogP contribution in [0.4, 0.5) is 15.8 Å². The summed E-state index contributed by atoms with van der Waals surface area (Å²) in [6.45, 7) is 8.05. The number of amides is 1. The Labute approximate surface area is 151 Å². The predicted molar refractivity (Wildman–Crippen MR) is 101 cm³/mol. The first-order valence-electron chi connectivity index (χ1n) is 8.04. The predicted octanol–water partition coefficient (Wildman–Crippen LogP) is 4.92. The number of hydrogen-bond donors (Lipinski definition) is 1. The minimum atomic E-state index is -0.388. The Morgan fingerprint density at radius 2 is 1.92 bits per heavy atom. The quantitative estimate of drug-likeness (QED) is 0.755. The number of nitrogens with zero attached hydrogens (tertiary/aromatic N) is 1. The summed E-state index contributed by atoms with van der Waals surface area (Å²) in [6.07, 6.45) is 0.00249. The second kappa shape index (κ2) is 8.29. The van der Waals surface area contributed by atoms with Crippen LogP contribution in [0.5, 0.6) is 0 Å². The Morgan fingerprint density at radius 3 is 2.54 bits per heavy atom. The molecule has 0 atom stereocenters. The second-order valence-corrected chi connectivity index (χ2v) is 6.46. The molecule has 0 radical (unpaired) electrons. The maximum atomic E-state index is 14.0. The lowest BCUT2D eigenvalue weighted by molar-refractivity contribution is -0.115. The summed E-state index contributed by atoms with van der Waals surface area (Å²) in [5.74, 6) is -0.619. The number of rotatable bonds is 6. The third-order valence-corrected chi connectivity index (χ3v) is 4.61. The Morgan fingerprint density at radius 1 is 1.21 bits per heavy atom. The van der Waals surface area contributed by atoms with Gasteiger partial charge in [0.25, 0.3) is 0 Å². The molecule has 0 saturated heterocycles. The van der Waals surface area contributed by atoms with Crippen LogP contribution in [-0.2, 0) is 11.2 Å². The van der Waals surface area contributed by atoms with Crippen LogP contribution in [0, 0.1) is 12.7 Å². The molecule has 2 aromatic rings. The number of halogens is 2. The van der Waals surface area contributed by atoms with E-state index in [2.05, 4.69) is 46.1 Å². The molecular weight excluding hydrogens is 371 g/mol. The Balaban J connectivity index is 2.10. The largest absolute Gasteiger partial charge is 0.372 e. The second-order valence-electron chi connectivity index (χ2n) is 5.61. The molecule has 0 heterocycles. The van der Waals surface area contributed by atoms with Gasteiger partial charge in [-0.2, -0.15) is 0 Å². The highest BCUT2D eigenvalue weighted by Crippen LogP contribution is 2.23. The standard InChI is InChI=1S/C19H22BrFN2O/c1-4-23(5-2)15-9-10-17(13(3)11-15)22-18(24)12-14-7-6-8-16(20)19(14)21/h6-11H,4-5,12H2,1-3H3,(H,22,24). The fourth-order valence-corrected chi connectivity index (χ4v) is 3.03. The summed E-state index contributed by atoms with van der Waals surface area (Å²) in [5.41, 5.74) is 3.25. The van der Waals surface area contributed by atoms with Crippen molar-refractivity contribution < 1.29 is 9.18 Å². The molecule has 1 amide bonds. The van der Waals surface area contributed by atoms with Crippen LogP contribution in [-0.4, -0.2) is 19.0 Å². The minimum absolute atomic E-state index is 0.00249. The molecular formula is C19H22BrFN2O. The molecule has 5 heteroatoms. The third kappa shape index (κ3) is 4.35. The monoisotopic (exact) mass is 392 g/mol. The van der Waals surface area contributed by atoms with Crippen LogP contribution in [0.15, 0.2) is 40.9 Å². The van der Waals surface area contributed by atoms with E-state index in [4.69, 9.17) is 0 Å². The Kier molecular flexibility index (Phi) is 6.37. The zero-order chi connectivity index (χ0) is 17.7. The fourth-order valence-electron chi connectivity index (χ4n) is 2.63. The van der Waals surface area contributed by atoms with E-state index in [1.54, 1.807) is 18.2 Å². The summed E-state index contributed by atoms with van der Waals surface area (Å²) >= 11 is 3.14. The summed E-state index contributed by atoms with van der Waals surface area (Å²) in [7, 11) is 0. The van der Waals surface area contributed by atoms with Crippen molar-refractivity contribution in [1.29, 1.82) is 0 Å². The number of carbonyl (C=O) groups is 1. The first-order valence-corrected chi connectivity index (χ1v) is 8.83. The fraction of sp³-hybridized carbons (Fsp3) is 0.316. The molecule has 128 valence electrons. The van der Waals surface area contributed by atoms with E-state index in [0.29, 0.717) is 10.0 Å². The lowest BCUT2D eigenvalue weighted by Gasteiger charge is -2.22. The molecule has 2 aromatic carbocycles. The molecule has 24 heavy (non-hydrogen) atoms.